The van der Waals surface area contributed by atoms with Gasteiger partial charge in [0.1, 0.15) is 0 Å². The third kappa shape index (κ3) is 5.72. The average Bonchev–Trinajstić information content (AvgIpc) is 2.31. The van der Waals surface area contributed by atoms with Crippen molar-refractivity contribution in [3.8, 4) is 0 Å². The average molecular weight is 272 g/mol. The molecule has 1 rings (SSSR count). The van der Waals surface area contributed by atoms with Crippen molar-refractivity contribution in [2.75, 3.05) is 0 Å². The molecule has 5 nitrogen and oxygen atoms in total. The number of carboxylic acids is 1. The van der Waals surface area contributed by atoms with Gasteiger partial charge in [0.05, 0.1) is 24.4 Å². The number of aliphatic hydroxyl groups excluding tert-OH is 2. The number of ether oxygens (including phenoxy) is 1. The summed E-state index contributed by atoms with van der Waals surface area (Å²) < 4.78 is 5.59. The maximum absolute atomic E-state index is 10.3. The summed E-state index contributed by atoms with van der Waals surface area (Å²) in [6, 6.07) is 0. The van der Waals surface area contributed by atoms with Crippen molar-refractivity contribution >= 4 is 5.97 Å². The number of hydrogen-bond donors (Lipinski definition) is 3. The molecule has 1 aliphatic heterocycles. The van der Waals surface area contributed by atoms with Gasteiger partial charge < -0.3 is 20.1 Å². The molecule has 110 valence electrons. The van der Waals surface area contributed by atoms with Crippen LogP contribution < -0.4 is 0 Å². The van der Waals surface area contributed by atoms with Gasteiger partial charge in [-0.05, 0) is 32.1 Å². The molecule has 0 aliphatic carbocycles. The van der Waals surface area contributed by atoms with Crippen LogP contribution in [0.15, 0.2) is 12.2 Å². The quantitative estimate of drug-likeness (QED) is 0.635. The van der Waals surface area contributed by atoms with Crippen molar-refractivity contribution in [3.63, 3.8) is 0 Å². The van der Waals surface area contributed by atoms with Gasteiger partial charge in [0.25, 0.3) is 0 Å². The van der Waals surface area contributed by atoms with E-state index in [0.717, 1.165) is 18.9 Å². The molecule has 0 aromatic heterocycles. The molecular weight excluding hydrogens is 248 g/mol. The molecule has 0 spiro atoms. The molecule has 3 N–H and O–H groups in total. The molecule has 5 heteroatoms. The zero-order valence-electron chi connectivity index (χ0n) is 11.5. The minimum absolute atomic E-state index is 0.232. The molecule has 1 heterocycles. The Bertz CT molecular complexity index is 315. The van der Waals surface area contributed by atoms with E-state index < -0.39 is 18.2 Å². The lowest BCUT2D eigenvalue weighted by Gasteiger charge is -2.36. The number of carbonyl (C=O) groups is 1. The van der Waals surface area contributed by atoms with E-state index in [0.29, 0.717) is 18.8 Å². The molecule has 5 atom stereocenters. The van der Waals surface area contributed by atoms with E-state index in [1.807, 2.05) is 13.8 Å². The minimum Gasteiger partial charge on any atom is -0.478 e. The Morgan fingerprint density at radius 1 is 1.42 bits per heavy atom. The van der Waals surface area contributed by atoms with Crippen LogP contribution in [0.4, 0.5) is 0 Å². The highest BCUT2D eigenvalue weighted by Gasteiger charge is 2.33. The molecule has 1 unspecified atom stereocenters. The molecule has 0 bridgehead atoms. The Morgan fingerprint density at radius 2 is 2.11 bits per heavy atom. The third-order valence-corrected chi connectivity index (χ3v) is 3.59. The molecule has 0 aromatic rings. The lowest BCUT2D eigenvalue weighted by atomic mass is 9.92. The highest BCUT2D eigenvalue weighted by molar-refractivity contribution is 5.79. The summed E-state index contributed by atoms with van der Waals surface area (Å²) in [5.41, 5.74) is 0. The van der Waals surface area contributed by atoms with E-state index in [9.17, 15) is 15.0 Å². The second-order valence-electron chi connectivity index (χ2n) is 5.41. The molecule has 1 fully saturated rings. The lowest BCUT2D eigenvalue weighted by Crippen LogP contribution is -2.45. The van der Waals surface area contributed by atoms with E-state index in [4.69, 9.17) is 9.84 Å². The van der Waals surface area contributed by atoms with Gasteiger partial charge in [-0.3, -0.25) is 0 Å². The summed E-state index contributed by atoms with van der Waals surface area (Å²) in [7, 11) is 0. The lowest BCUT2D eigenvalue weighted by molar-refractivity contribution is -0.164. The first-order chi connectivity index (χ1) is 8.90. The van der Waals surface area contributed by atoms with Gasteiger partial charge in [-0.15, -0.1) is 0 Å². The number of hydrogen-bond acceptors (Lipinski definition) is 4. The topological polar surface area (TPSA) is 87.0 Å². The first-order valence-electron chi connectivity index (χ1n) is 6.81. The maximum Gasteiger partial charge on any atom is 0.327 e. The number of rotatable bonds is 6. The number of aliphatic carboxylic acids is 1. The molecule has 1 aliphatic rings. The van der Waals surface area contributed by atoms with E-state index in [-0.39, 0.29) is 12.2 Å². The van der Waals surface area contributed by atoms with Crippen LogP contribution in [0.1, 0.15) is 39.5 Å². The Morgan fingerprint density at radius 3 is 2.74 bits per heavy atom. The smallest absolute Gasteiger partial charge is 0.327 e. The van der Waals surface area contributed by atoms with Crippen molar-refractivity contribution < 1.29 is 24.9 Å². The molecule has 19 heavy (non-hydrogen) atoms. The molecule has 1 saturated heterocycles. The normalized spacial score (nSPS) is 33.5. The number of aliphatic hydroxyl groups is 2. The van der Waals surface area contributed by atoms with Gasteiger partial charge in [-0.1, -0.05) is 13.0 Å². The second kappa shape index (κ2) is 7.62. The van der Waals surface area contributed by atoms with E-state index in [1.54, 1.807) is 6.08 Å². The molecular formula is C14H24O5. The zero-order valence-corrected chi connectivity index (χ0v) is 11.5. The SMILES string of the molecule is CC1O[C@@H](CC[C@H](C)C/C=C/C(=O)O)[C@@H](O)C[C@H]1O. The Labute approximate surface area is 113 Å². The van der Waals surface area contributed by atoms with Crippen LogP contribution in [0.5, 0.6) is 0 Å². The summed E-state index contributed by atoms with van der Waals surface area (Å²) in [6.45, 7) is 3.85. The first-order valence-corrected chi connectivity index (χ1v) is 6.81. The van der Waals surface area contributed by atoms with Crippen LogP contribution in [0.2, 0.25) is 0 Å². The third-order valence-electron chi connectivity index (χ3n) is 3.59. The Hall–Kier alpha value is -0.910. The zero-order chi connectivity index (χ0) is 14.4. The predicted octanol–water partition coefficient (Wildman–Crippen LogP) is 1.33. The van der Waals surface area contributed by atoms with Crippen LogP contribution in [0.3, 0.4) is 0 Å². The van der Waals surface area contributed by atoms with Crippen molar-refractivity contribution in [2.45, 2.75) is 63.9 Å². The minimum atomic E-state index is -0.930. The second-order valence-corrected chi connectivity index (χ2v) is 5.41. The molecule has 0 amide bonds. The highest BCUT2D eigenvalue weighted by atomic mass is 16.5. The van der Waals surface area contributed by atoms with Crippen molar-refractivity contribution in [2.24, 2.45) is 5.92 Å². The summed E-state index contributed by atoms with van der Waals surface area (Å²) >= 11 is 0. The van der Waals surface area contributed by atoms with Gasteiger partial charge in [-0.25, -0.2) is 4.79 Å². The van der Waals surface area contributed by atoms with E-state index in [1.165, 1.54) is 0 Å². The predicted molar refractivity (Wildman–Crippen MR) is 70.8 cm³/mol. The van der Waals surface area contributed by atoms with Gasteiger partial charge >= 0.3 is 5.97 Å². The largest absolute Gasteiger partial charge is 0.478 e. The van der Waals surface area contributed by atoms with Gasteiger partial charge in [0.2, 0.25) is 0 Å². The summed E-state index contributed by atoms with van der Waals surface area (Å²) in [6.07, 6.45) is 3.76. The van der Waals surface area contributed by atoms with E-state index in [2.05, 4.69) is 0 Å². The highest BCUT2D eigenvalue weighted by Crippen LogP contribution is 2.25. The molecule has 0 radical (unpaired) electrons. The van der Waals surface area contributed by atoms with Crippen LogP contribution in [-0.2, 0) is 9.53 Å². The first kappa shape index (κ1) is 16.1. The monoisotopic (exact) mass is 272 g/mol. The van der Waals surface area contributed by atoms with Crippen LogP contribution >= 0.6 is 0 Å². The summed E-state index contributed by atoms with van der Waals surface area (Å²) in [5, 5.41) is 27.9. The van der Waals surface area contributed by atoms with Gasteiger partial charge in [0.15, 0.2) is 0 Å². The Kier molecular flexibility index (Phi) is 6.48. The summed E-state index contributed by atoms with van der Waals surface area (Å²) in [5.74, 6) is -0.588. The summed E-state index contributed by atoms with van der Waals surface area (Å²) in [4.78, 5) is 10.3. The Balaban J connectivity index is 2.29. The van der Waals surface area contributed by atoms with Gasteiger partial charge in [-0.2, -0.15) is 0 Å². The van der Waals surface area contributed by atoms with Crippen molar-refractivity contribution in [1.29, 1.82) is 0 Å². The fourth-order valence-electron chi connectivity index (χ4n) is 2.28. The fraction of sp³-hybridized carbons (Fsp3) is 0.786. The number of allylic oxidation sites excluding steroid dienone is 1. The van der Waals surface area contributed by atoms with Crippen LogP contribution in [0, 0.1) is 5.92 Å². The number of carboxylic acid groups (broad SMARTS) is 1. The standard InChI is InChI=1S/C14H24O5/c1-9(4-3-5-14(17)18)6-7-13-12(16)8-11(15)10(2)19-13/h3,5,9-13,15-16H,4,6-8H2,1-2H3,(H,17,18)/b5-3+/t9-,10?,11-,12+,13+/m1/s1. The van der Waals surface area contributed by atoms with Crippen LogP contribution in [0.25, 0.3) is 0 Å². The van der Waals surface area contributed by atoms with Crippen molar-refractivity contribution in [1.82, 2.24) is 0 Å². The van der Waals surface area contributed by atoms with E-state index >= 15 is 0 Å². The molecule has 0 saturated carbocycles. The van der Waals surface area contributed by atoms with Crippen molar-refractivity contribution in [3.05, 3.63) is 12.2 Å². The molecule has 0 aromatic carbocycles. The fourth-order valence-corrected chi connectivity index (χ4v) is 2.28. The maximum atomic E-state index is 10.3. The van der Waals surface area contributed by atoms with Crippen LogP contribution in [-0.4, -0.2) is 45.7 Å². The van der Waals surface area contributed by atoms with Gasteiger partial charge in [0, 0.05) is 12.5 Å².